The van der Waals surface area contributed by atoms with Gasteiger partial charge in [0.2, 0.25) is 0 Å². The van der Waals surface area contributed by atoms with Gasteiger partial charge in [-0.2, -0.15) is 5.10 Å². The summed E-state index contributed by atoms with van der Waals surface area (Å²) in [6, 6.07) is 3.50. The van der Waals surface area contributed by atoms with Gasteiger partial charge in [0.25, 0.3) is 0 Å². The van der Waals surface area contributed by atoms with Crippen LogP contribution in [0, 0.1) is 25.5 Å². The van der Waals surface area contributed by atoms with E-state index >= 15 is 0 Å². The van der Waals surface area contributed by atoms with E-state index in [0.29, 0.717) is 5.56 Å². The largest absolute Gasteiger partial charge is 0.313 e. The highest BCUT2D eigenvalue weighted by Crippen LogP contribution is 2.17. The minimum atomic E-state index is -0.433. The van der Waals surface area contributed by atoms with Crippen LogP contribution in [0.3, 0.4) is 0 Å². The first-order valence-electron chi connectivity index (χ1n) is 7.20. The van der Waals surface area contributed by atoms with Crippen molar-refractivity contribution in [2.75, 3.05) is 6.54 Å². The van der Waals surface area contributed by atoms with E-state index in [1.807, 2.05) is 13.8 Å². The summed E-state index contributed by atoms with van der Waals surface area (Å²) in [6.07, 6.45) is 1.07. The summed E-state index contributed by atoms with van der Waals surface area (Å²) in [4.78, 5) is 0. The molecule has 0 saturated heterocycles. The Hall–Kier alpha value is -1.75. The average molecular weight is 293 g/mol. The van der Waals surface area contributed by atoms with Gasteiger partial charge in [-0.25, -0.2) is 8.78 Å². The van der Waals surface area contributed by atoms with Gasteiger partial charge in [-0.15, -0.1) is 0 Å². The molecule has 0 aliphatic heterocycles. The number of benzene rings is 1. The number of hydrogen-bond donors (Lipinski definition) is 1. The van der Waals surface area contributed by atoms with Crippen molar-refractivity contribution in [2.45, 2.75) is 40.3 Å². The van der Waals surface area contributed by atoms with Crippen molar-refractivity contribution in [1.29, 1.82) is 0 Å². The molecule has 0 radical (unpaired) electrons. The number of nitrogens with zero attached hydrogens (tertiary/aromatic N) is 2. The van der Waals surface area contributed by atoms with Gasteiger partial charge in [0, 0.05) is 23.4 Å². The molecule has 0 aliphatic carbocycles. The molecule has 2 aromatic rings. The lowest BCUT2D eigenvalue weighted by Crippen LogP contribution is -2.15. The molecular weight excluding hydrogens is 272 g/mol. The Balaban J connectivity index is 2.21. The number of rotatable bonds is 6. The molecule has 21 heavy (non-hydrogen) atoms. The highest BCUT2D eigenvalue weighted by atomic mass is 19.1. The summed E-state index contributed by atoms with van der Waals surface area (Å²) >= 11 is 0. The van der Waals surface area contributed by atoms with Crippen LogP contribution in [-0.4, -0.2) is 16.3 Å². The number of aromatic nitrogens is 2. The van der Waals surface area contributed by atoms with Crippen LogP contribution in [0.1, 0.15) is 35.9 Å². The van der Waals surface area contributed by atoms with Gasteiger partial charge >= 0.3 is 0 Å². The third kappa shape index (κ3) is 3.67. The van der Waals surface area contributed by atoms with Crippen LogP contribution in [0.2, 0.25) is 0 Å². The second kappa shape index (κ2) is 6.80. The van der Waals surface area contributed by atoms with E-state index in [1.165, 1.54) is 6.07 Å². The zero-order valence-corrected chi connectivity index (χ0v) is 12.7. The van der Waals surface area contributed by atoms with Gasteiger partial charge in [-0.05, 0) is 45.0 Å². The molecule has 0 unspecified atom stereocenters. The van der Waals surface area contributed by atoms with Gasteiger partial charge < -0.3 is 5.32 Å². The van der Waals surface area contributed by atoms with E-state index in [-0.39, 0.29) is 6.54 Å². The fourth-order valence-corrected chi connectivity index (χ4v) is 2.36. The molecule has 1 aromatic carbocycles. The predicted molar refractivity (Wildman–Crippen MR) is 79.2 cm³/mol. The van der Waals surface area contributed by atoms with Crippen LogP contribution < -0.4 is 5.32 Å². The van der Waals surface area contributed by atoms with Gasteiger partial charge in [-0.1, -0.05) is 6.92 Å². The maximum atomic E-state index is 13.7. The van der Waals surface area contributed by atoms with Crippen molar-refractivity contribution < 1.29 is 8.78 Å². The van der Waals surface area contributed by atoms with Gasteiger partial charge in [-0.3, -0.25) is 4.68 Å². The van der Waals surface area contributed by atoms with Gasteiger partial charge in [0.1, 0.15) is 11.6 Å². The first-order chi connectivity index (χ1) is 10.0. The zero-order valence-electron chi connectivity index (χ0n) is 12.7. The second-order valence-corrected chi connectivity index (χ2v) is 5.22. The summed E-state index contributed by atoms with van der Waals surface area (Å²) in [5.74, 6) is -0.840. The molecule has 0 fully saturated rings. The minimum Gasteiger partial charge on any atom is -0.313 e. The molecule has 1 aromatic heterocycles. The topological polar surface area (TPSA) is 29.9 Å². The molecule has 3 nitrogen and oxygen atoms in total. The van der Waals surface area contributed by atoms with E-state index < -0.39 is 11.6 Å². The molecule has 0 bridgehead atoms. The highest BCUT2D eigenvalue weighted by molar-refractivity contribution is 5.26. The lowest BCUT2D eigenvalue weighted by atomic mass is 10.2. The maximum absolute atomic E-state index is 13.7. The Bertz CT molecular complexity index is 620. The maximum Gasteiger partial charge on any atom is 0.128 e. The first-order valence-corrected chi connectivity index (χ1v) is 7.20. The average Bonchev–Trinajstić information content (AvgIpc) is 2.70. The molecule has 0 spiro atoms. The van der Waals surface area contributed by atoms with Crippen molar-refractivity contribution in [2.24, 2.45) is 0 Å². The number of hydrogen-bond acceptors (Lipinski definition) is 2. The van der Waals surface area contributed by atoms with Crippen LogP contribution in [0.5, 0.6) is 0 Å². The predicted octanol–water partition coefficient (Wildman–Crippen LogP) is 3.33. The Morgan fingerprint density at radius 3 is 2.71 bits per heavy atom. The Morgan fingerprint density at radius 1 is 1.24 bits per heavy atom. The lowest BCUT2D eigenvalue weighted by Gasteiger charge is -2.07. The zero-order chi connectivity index (χ0) is 15.4. The Kier molecular flexibility index (Phi) is 5.07. The standard InChI is InChI=1S/C16H21F2N3/c1-4-7-19-9-15-11(2)20-21(12(15)3)10-13-8-14(17)5-6-16(13)18/h5-6,8,19H,4,7,9-10H2,1-3H3. The molecule has 2 rings (SSSR count). The molecule has 0 aliphatic rings. The SMILES string of the molecule is CCCNCc1c(C)nn(Cc2cc(F)ccc2F)c1C. The number of aryl methyl sites for hydroxylation is 1. The third-order valence-corrected chi connectivity index (χ3v) is 3.59. The highest BCUT2D eigenvalue weighted by Gasteiger charge is 2.13. The third-order valence-electron chi connectivity index (χ3n) is 3.59. The van der Waals surface area contributed by atoms with Crippen molar-refractivity contribution >= 4 is 0 Å². The molecule has 0 amide bonds. The summed E-state index contributed by atoms with van der Waals surface area (Å²) in [5, 5.41) is 7.79. The Labute approximate surface area is 124 Å². The van der Waals surface area contributed by atoms with Crippen LogP contribution in [-0.2, 0) is 13.1 Å². The van der Waals surface area contributed by atoms with Crippen LogP contribution in [0.15, 0.2) is 18.2 Å². The fraction of sp³-hybridized carbons (Fsp3) is 0.438. The summed E-state index contributed by atoms with van der Waals surface area (Å²) in [7, 11) is 0. The summed E-state index contributed by atoms with van der Waals surface area (Å²) in [5.41, 5.74) is 3.35. The quantitative estimate of drug-likeness (QED) is 0.828. The second-order valence-electron chi connectivity index (χ2n) is 5.22. The van der Waals surface area contributed by atoms with E-state index in [0.717, 1.165) is 48.6 Å². The lowest BCUT2D eigenvalue weighted by molar-refractivity contribution is 0.561. The fourth-order valence-electron chi connectivity index (χ4n) is 2.36. The normalized spacial score (nSPS) is 11.1. The number of nitrogens with one attached hydrogen (secondary N) is 1. The molecule has 5 heteroatoms. The van der Waals surface area contributed by atoms with Crippen molar-refractivity contribution in [3.63, 3.8) is 0 Å². The first kappa shape index (κ1) is 15.6. The van der Waals surface area contributed by atoms with Crippen LogP contribution in [0.4, 0.5) is 8.78 Å². The van der Waals surface area contributed by atoms with Crippen LogP contribution in [0.25, 0.3) is 0 Å². The van der Waals surface area contributed by atoms with Gasteiger partial charge in [0.15, 0.2) is 0 Å². The monoisotopic (exact) mass is 293 g/mol. The Morgan fingerprint density at radius 2 is 2.00 bits per heavy atom. The molecule has 1 N–H and O–H groups in total. The molecule has 0 saturated carbocycles. The van der Waals surface area contributed by atoms with Crippen molar-refractivity contribution in [3.05, 3.63) is 52.3 Å². The van der Waals surface area contributed by atoms with Crippen LogP contribution >= 0.6 is 0 Å². The van der Waals surface area contributed by atoms with E-state index in [4.69, 9.17) is 0 Å². The van der Waals surface area contributed by atoms with Crippen molar-refractivity contribution in [3.8, 4) is 0 Å². The van der Waals surface area contributed by atoms with E-state index in [9.17, 15) is 8.78 Å². The smallest absolute Gasteiger partial charge is 0.128 e. The molecule has 0 atom stereocenters. The molecule has 114 valence electrons. The molecule has 1 heterocycles. The molecular formula is C16H21F2N3. The van der Waals surface area contributed by atoms with E-state index in [2.05, 4.69) is 17.3 Å². The minimum absolute atomic E-state index is 0.240. The summed E-state index contributed by atoms with van der Waals surface area (Å²) < 4.78 is 28.7. The summed E-state index contributed by atoms with van der Waals surface area (Å²) in [6.45, 7) is 7.95. The van der Waals surface area contributed by atoms with E-state index in [1.54, 1.807) is 4.68 Å². The van der Waals surface area contributed by atoms with Gasteiger partial charge in [0.05, 0.1) is 12.2 Å². The van der Waals surface area contributed by atoms with Crippen molar-refractivity contribution in [1.82, 2.24) is 15.1 Å². The number of halogens is 2.